The molecule has 0 saturated heterocycles. The quantitative estimate of drug-likeness (QED) is 0.386. The zero-order valence-corrected chi connectivity index (χ0v) is 20.4. The summed E-state index contributed by atoms with van der Waals surface area (Å²) in [6.45, 7) is 5.05. The van der Waals surface area contributed by atoms with Crippen LogP contribution in [0, 0.1) is 28.6 Å². The van der Waals surface area contributed by atoms with Crippen molar-refractivity contribution in [2.75, 3.05) is 0 Å². The van der Waals surface area contributed by atoms with E-state index in [4.69, 9.17) is 0 Å². The Balaban J connectivity index is 1.28. The summed E-state index contributed by atoms with van der Waals surface area (Å²) in [6, 6.07) is 20.9. The molecule has 3 saturated carbocycles. The smallest absolute Gasteiger partial charge is 0.243 e. The van der Waals surface area contributed by atoms with Crippen molar-refractivity contribution in [1.29, 1.82) is 0 Å². The van der Waals surface area contributed by atoms with Gasteiger partial charge in [0.1, 0.15) is 0 Å². The summed E-state index contributed by atoms with van der Waals surface area (Å²) in [6.07, 6.45) is 11.7. The summed E-state index contributed by atoms with van der Waals surface area (Å²) in [5, 5.41) is 8.89. The van der Waals surface area contributed by atoms with Gasteiger partial charge in [-0.2, -0.15) is 0 Å². The van der Waals surface area contributed by atoms with Crippen LogP contribution in [0.3, 0.4) is 0 Å². The third-order valence-corrected chi connectivity index (χ3v) is 10.9. The molecular weight excluding hydrogens is 414 g/mol. The summed E-state index contributed by atoms with van der Waals surface area (Å²) in [5.74, 6) is 2.99. The van der Waals surface area contributed by atoms with Crippen LogP contribution in [-0.2, 0) is 4.79 Å². The molecule has 34 heavy (non-hydrogen) atoms. The van der Waals surface area contributed by atoms with E-state index in [9.17, 15) is 4.79 Å². The van der Waals surface area contributed by atoms with Crippen LogP contribution in [0.1, 0.15) is 63.9 Å². The fourth-order valence-corrected chi connectivity index (χ4v) is 9.21. The second-order valence-electron chi connectivity index (χ2n) is 12.1. The van der Waals surface area contributed by atoms with Gasteiger partial charge in [-0.15, -0.1) is 0 Å². The fraction of sp³-hybridized carbons (Fsp3) is 0.469. The summed E-state index contributed by atoms with van der Waals surface area (Å²) in [5.41, 5.74) is 2.07. The first-order chi connectivity index (χ1) is 16.5. The summed E-state index contributed by atoms with van der Waals surface area (Å²) < 4.78 is 0. The SMILES string of the molecule is C[C@]12C=CC(=O)N[C@@H]1CC[C@@H]1[C@@H]2CC[C@]2(C)[C@@H](c3cccc4c3ccc3ccccc34)CC[C@@H]12. The first kappa shape index (κ1) is 20.7. The van der Waals surface area contributed by atoms with E-state index >= 15 is 0 Å². The van der Waals surface area contributed by atoms with Gasteiger partial charge in [0.15, 0.2) is 0 Å². The highest BCUT2D eigenvalue weighted by Gasteiger charge is 2.59. The van der Waals surface area contributed by atoms with Gasteiger partial charge in [0.2, 0.25) is 5.91 Å². The lowest BCUT2D eigenvalue weighted by Gasteiger charge is -2.59. The first-order valence-corrected chi connectivity index (χ1v) is 13.4. The van der Waals surface area contributed by atoms with Crippen molar-refractivity contribution in [3.05, 3.63) is 72.3 Å². The van der Waals surface area contributed by atoms with Crippen molar-refractivity contribution < 1.29 is 4.79 Å². The van der Waals surface area contributed by atoms with Gasteiger partial charge in [-0.1, -0.05) is 74.5 Å². The molecule has 7 atom stereocenters. The van der Waals surface area contributed by atoms with E-state index in [-0.39, 0.29) is 11.3 Å². The highest BCUT2D eigenvalue weighted by atomic mass is 16.1. The number of fused-ring (bicyclic) bond motifs is 8. The molecule has 2 heteroatoms. The number of rotatable bonds is 1. The molecule has 1 amide bonds. The molecule has 0 spiro atoms. The van der Waals surface area contributed by atoms with Crippen LogP contribution in [-0.4, -0.2) is 11.9 Å². The molecule has 0 radical (unpaired) electrons. The van der Waals surface area contributed by atoms with Crippen LogP contribution in [0.4, 0.5) is 0 Å². The monoisotopic (exact) mass is 449 g/mol. The number of carbonyl (C=O) groups is 1. The molecule has 4 aliphatic rings. The molecule has 1 N–H and O–H groups in total. The van der Waals surface area contributed by atoms with E-state index in [1.165, 1.54) is 53.6 Å². The highest BCUT2D eigenvalue weighted by Crippen LogP contribution is 2.67. The predicted molar refractivity (Wildman–Crippen MR) is 140 cm³/mol. The Kier molecular flexibility index (Phi) is 4.39. The number of amides is 1. The average Bonchev–Trinajstić information content (AvgIpc) is 3.21. The van der Waals surface area contributed by atoms with Crippen LogP contribution >= 0.6 is 0 Å². The molecule has 0 aromatic heterocycles. The highest BCUT2D eigenvalue weighted by molar-refractivity contribution is 6.08. The van der Waals surface area contributed by atoms with Gasteiger partial charge in [-0.05, 0) is 101 Å². The summed E-state index contributed by atoms with van der Waals surface area (Å²) in [7, 11) is 0. The normalized spacial score (nSPS) is 38.9. The zero-order chi connectivity index (χ0) is 23.1. The first-order valence-electron chi connectivity index (χ1n) is 13.4. The van der Waals surface area contributed by atoms with Crippen molar-refractivity contribution in [3.63, 3.8) is 0 Å². The van der Waals surface area contributed by atoms with Gasteiger partial charge in [0, 0.05) is 11.5 Å². The van der Waals surface area contributed by atoms with E-state index in [1.54, 1.807) is 5.56 Å². The minimum Gasteiger partial charge on any atom is -0.349 e. The second-order valence-corrected chi connectivity index (χ2v) is 12.1. The number of benzene rings is 3. The largest absolute Gasteiger partial charge is 0.349 e. The predicted octanol–water partition coefficient (Wildman–Crippen LogP) is 7.37. The lowest BCUT2D eigenvalue weighted by Crippen LogP contribution is -2.59. The number of hydrogen-bond acceptors (Lipinski definition) is 1. The molecule has 2 nitrogen and oxygen atoms in total. The van der Waals surface area contributed by atoms with E-state index in [1.807, 2.05) is 6.08 Å². The van der Waals surface area contributed by atoms with Gasteiger partial charge in [0.25, 0.3) is 0 Å². The molecule has 3 aromatic carbocycles. The van der Waals surface area contributed by atoms with Gasteiger partial charge >= 0.3 is 0 Å². The third-order valence-electron chi connectivity index (χ3n) is 10.9. The van der Waals surface area contributed by atoms with E-state index in [2.05, 4.69) is 79.8 Å². The maximum Gasteiger partial charge on any atom is 0.243 e. The molecule has 3 aliphatic carbocycles. The van der Waals surface area contributed by atoms with Crippen LogP contribution in [0.15, 0.2) is 66.7 Å². The van der Waals surface area contributed by atoms with Gasteiger partial charge in [0.05, 0.1) is 0 Å². The summed E-state index contributed by atoms with van der Waals surface area (Å²) in [4.78, 5) is 12.0. The molecular formula is C32H35NO. The Hall–Kier alpha value is -2.61. The van der Waals surface area contributed by atoms with Crippen molar-refractivity contribution in [2.45, 2.75) is 64.3 Å². The van der Waals surface area contributed by atoms with Crippen LogP contribution in [0.25, 0.3) is 21.5 Å². The Bertz CT molecular complexity index is 1340. The van der Waals surface area contributed by atoms with Crippen LogP contribution < -0.4 is 5.32 Å². The molecule has 1 heterocycles. The number of nitrogens with one attached hydrogen (secondary N) is 1. The molecule has 3 aromatic rings. The van der Waals surface area contributed by atoms with Crippen molar-refractivity contribution in [3.8, 4) is 0 Å². The zero-order valence-electron chi connectivity index (χ0n) is 20.4. The minimum absolute atomic E-state index is 0.103. The molecule has 0 unspecified atom stereocenters. The molecule has 3 fully saturated rings. The minimum atomic E-state index is 0.103. The Labute approximate surface area is 202 Å². The van der Waals surface area contributed by atoms with E-state index < -0.39 is 0 Å². The Morgan fingerprint density at radius 1 is 0.794 bits per heavy atom. The molecule has 0 bridgehead atoms. The molecule has 174 valence electrons. The average molecular weight is 450 g/mol. The van der Waals surface area contributed by atoms with Crippen LogP contribution in [0.5, 0.6) is 0 Å². The van der Waals surface area contributed by atoms with E-state index in [0.717, 1.165) is 18.3 Å². The van der Waals surface area contributed by atoms with E-state index in [0.29, 0.717) is 23.3 Å². The standard InChI is InChI=1S/C32H35NO/c1-31-18-16-28-25(12-15-29-32(28,2)19-17-30(34)33-29)27(31)14-13-26(31)24-9-5-8-22-21-7-4-3-6-20(21)10-11-23(22)24/h3-11,17,19,25-29H,12-16,18H2,1-2H3,(H,33,34)/t25-,26+,27-,28-,29+,31+,32+/m0/s1. The maximum absolute atomic E-state index is 12.0. The lowest BCUT2D eigenvalue weighted by atomic mass is 9.47. The lowest BCUT2D eigenvalue weighted by molar-refractivity contribution is -0.122. The van der Waals surface area contributed by atoms with Gasteiger partial charge < -0.3 is 5.32 Å². The Morgan fingerprint density at radius 3 is 2.56 bits per heavy atom. The molecule has 7 rings (SSSR count). The van der Waals surface area contributed by atoms with Crippen molar-refractivity contribution in [1.82, 2.24) is 5.32 Å². The van der Waals surface area contributed by atoms with Gasteiger partial charge in [-0.25, -0.2) is 0 Å². The fourth-order valence-electron chi connectivity index (χ4n) is 9.21. The number of carbonyl (C=O) groups excluding carboxylic acids is 1. The molecule has 1 aliphatic heterocycles. The topological polar surface area (TPSA) is 29.1 Å². The summed E-state index contributed by atoms with van der Waals surface area (Å²) >= 11 is 0. The van der Waals surface area contributed by atoms with Crippen molar-refractivity contribution >= 4 is 27.5 Å². The Morgan fingerprint density at radius 2 is 1.65 bits per heavy atom. The maximum atomic E-state index is 12.0. The van der Waals surface area contributed by atoms with Crippen molar-refractivity contribution in [2.24, 2.45) is 28.6 Å². The second kappa shape index (κ2) is 7.20. The van der Waals surface area contributed by atoms with Crippen LogP contribution in [0.2, 0.25) is 0 Å². The number of hydrogen-bond donors (Lipinski definition) is 1. The van der Waals surface area contributed by atoms with Gasteiger partial charge in [-0.3, -0.25) is 4.79 Å². The third kappa shape index (κ3) is 2.72.